The van der Waals surface area contributed by atoms with Crippen LogP contribution in [-0.4, -0.2) is 79.5 Å². The normalized spacial score (nSPS) is 18.5. The zero-order valence-electron chi connectivity index (χ0n) is 25.9. The molecule has 0 spiro atoms. The van der Waals surface area contributed by atoms with Crippen molar-refractivity contribution in [3.05, 3.63) is 62.3 Å². The van der Waals surface area contributed by atoms with Gasteiger partial charge in [-0.25, -0.2) is 9.59 Å². The lowest BCUT2D eigenvalue weighted by Crippen LogP contribution is -2.40. The summed E-state index contributed by atoms with van der Waals surface area (Å²) in [6.45, 7) is 8.57. The summed E-state index contributed by atoms with van der Waals surface area (Å²) in [4.78, 5) is 37.5. The Morgan fingerprint density at radius 3 is 2.05 bits per heavy atom. The van der Waals surface area contributed by atoms with Crippen LogP contribution >= 0.6 is 0 Å². The fraction of sp³-hybridized carbons (Fsp3) is 0.645. The van der Waals surface area contributed by atoms with Gasteiger partial charge in [0, 0.05) is 25.9 Å². The fourth-order valence-corrected chi connectivity index (χ4v) is 5.20. The van der Waals surface area contributed by atoms with E-state index in [0.717, 1.165) is 27.5 Å². The molecule has 1 aliphatic rings. The smallest absolute Gasteiger partial charge is 0.431 e. The second-order valence-corrected chi connectivity index (χ2v) is 11.3. The van der Waals surface area contributed by atoms with E-state index >= 15 is 0 Å². The van der Waals surface area contributed by atoms with Gasteiger partial charge in [-0.15, -0.1) is 0 Å². The number of nitrogens with zero attached hydrogens (tertiary/aromatic N) is 2. The van der Waals surface area contributed by atoms with Gasteiger partial charge >= 0.3 is 11.8 Å². The van der Waals surface area contributed by atoms with Gasteiger partial charge in [0.25, 0.3) is 5.56 Å². The average molecular weight is 607 g/mol. The van der Waals surface area contributed by atoms with E-state index in [1.165, 1.54) is 14.1 Å². The molecule has 0 radical (unpaired) electrons. The van der Waals surface area contributed by atoms with Crippen molar-refractivity contribution in [1.82, 2.24) is 9.13 Å². The maximum atomic E-state index is 12.8. The van der Waals surface area contributed by atoms with E-state index in [-0.39, 0.29) is 43.1 Å². The lowest BCUT2D eigenvalue weighted by atomic mass is 9.91. The molecule has 1 aliphatic carbocycles. The molecule has 1 saturated carbocycles. The fourth-order valence-electron chi connectivity index (χ4n) is 5.20. The molecular weight excluding hydrogens is 560 g/mol. The summed E-state index contributed by atoms with van der Waals surface area (Å²) in [5.41, 5.74) is -0.298. The van der Waals surface area contributed by atoms with E-state index in [1.54, 1.807) is 0 Å². The third-order valence-corrected chi connectivity index (χ3v) is 7.59. The summed E-state index contributed by atoms with van der Waals surface area (Å²) in [6, 6.07) is 9.18. The monoisotopic (exact) mass is 606 g/mol. The van der Waals surface area contributed by atoms with Crippen molar-refractivity contribution in [2.75, 3.05) is 52.9 Å². The molecule has 0 aliphatic heterocycles. The molecule has 0 saturated heterocycles. The van der Waals surface area contributed by atoms with Gasteiger partial charge in [0.05, 0.1) is 51.8 Å². The Morgan fingerprint density at radius 1 is 0.930 bits per heavy atom. The number of hydrogen-bond acceptors (Lipinski definition) is 10. The lowest BCUT2D eigenvalue weighted by molar-refractivity contribution is -0.160. The molecule has 1 fully saturated rings. The number of benzene rings is 1. The van der Waals surface area contributed by atoms with Crippen molar-refractivity contribution < 1.29 is 38.3 Å². The number of aromatic nitrogens is 2. The van der Waals surface area contributed by atoms with Gasteiger partial charge in [-0.1, -0.05) is 51.1 Å². The van der Waals surface area contributed by atoms with E-state index in [2.05, 4.69) is 20.8 Å². The molecule has 12 nitrogen and oxygen atoms in total. The molecule has 1 aromatic heterocycles. The molecule has 3 rings (SSSR count). The van der Waals surface area contributed by atoms with Crippen LogP contribution in [0, 0.1) is 17.3 Å². The summed E-state index contributed by atoms with van der Waals surface area (Å²) in [5.74, 6) is 0.829. The minimum Gasteiger partial charge on any atom is -0.431 e. The molecule has 240 valence electrons. The predicted octanol–water partition coefficient (Wildman–Crippen LogP) is 2.65. The Bertz CT molecular complexity index is 1280. The van der Waals surface area contributed by atoms with Gasteiger partial charge in [-0.3, -0.25) is 13.9 Å². The van der Waals surface area contributed by atoms with E-state index < -0.39 is 23.7 Å². The molecule has 1 aromatic carbocycles. The van der Waals surface area contributed by atoms with Crippen molar-refractivity contribution >= 4 is 6.16 Å². The van der Waals surface area contributed by atoms with Crippen molar-refractivity contribution in [2.24, 2.45) is 31.3 Å². The minimum atomic E-state index is -1.05. The number of carbonyl (C=O) groups is 1. The highest BCUT2D eigenvalue weighted by molar-refractivity contribution is 5.63. The number of rotatable bonds is 19. The standard InChI is InChI=1S/C31H46N2O10/c1-22(2)20-31(21-23(31)3)28(35)41-17-15-39-13-11-38-12-14-40-16-18-42-30(37)43-27-25(19-24-9-7-6-8-10-24)26(34)32(4)29(36)33(27)5/h6-10,22-23,28,35H,11-21H2,1-5H3. The maximum absolute atomic E-state index is 12.8. The van der Waals surface area contributed by atoms with Crippen LogP contribution in [0.25, 0.3) is 0 Å². The minimum absolute atomic E-state index is 0.0855. The molecule has 1 heterocycles. The molecule has 3 atom stereocenters. The van der Waals surface area contributed by atoms with Crippen LogP contribution < -0.4 is 16.0 Å². The molecule has 2 aromatic rings. The zero-order chi connectivity index (χ0) is 31.4. The quantitative estimate of drug-likeness (QED) is 0.144. The number of ether oxygens (including phenoxy) is 6. The van der Waals surface area contributed by atoms with E-state index in [1.807, 2.05) is 30.3 Å². The molecule has 0 amide bonds. The Balaban J connectivity index is 1.26. The lowest BCUT2D eigenvalue weighted by Gasteiger charge is -2.25. The van der Waals surface area contributed by atoms with E-state index in [4.69, 9.17) is 28.4 Å². The summed E-state index contributed by atoms with van der Waals surface area (Å²) in [6.07, 6.45) is 0.316. The Hall–Kier alpha value is -3.03. The third kappa shape index (κ3) is 10.0. The number of aliphatic hydroxyl groups is 1. The van der Waals surface area contributed by atoms with Gasteiger partial charge in [0.15, 0.2) is 6.29 Å². The van der Waals surface area contributed by atoms with Crippen molar-refractivity contribution in [3.8, 4) is 5.88 Å². The van der Waals surface area contributed by atoms with Gasteiger partial charge in [0.2, 0.25) is 5.88 Å². The van der Waals surface area contributed by atoms with Crippen LogP contribution in [0.2, 0.25) is 0 Å². The van der Waals surface area contributed by atoms with Gasteiger partial charge < -0.3 is 33.5 Å². The third-order valence-electron chi connectivity index (χ3n) is 7.59. The Kier molecular flexibility index (Phi) is 13.4. The SMILES string of the molecule is CC(C)CC1(C(O)OCCOCCOCCOCCOC(=O)Oc2c(Cc3ccccc3)c(=O)n(C)c(=O)n2C)CC1C. The molecule has 43 heavy (non-hydrogen) atoms. The molecule has 12 heteroatoms. The van der Waals surface area contributed by atoms with Crippen LogP contribution in [0.3, 0.4) is 0 Å². The Labute approximate surface area is 252 Å². The first-order valence-electron chi connectivity index (χ1n) is 14.8. The topological polar surface area (TPSA) is 137 Å². The first kappa shape index (κ1) is 34.5. The largest absolute Gasteiger partial charge is 0.515 e. The molecular formula is C31H46N2O10. The van der Waals surface area contributed by atoms with E-state index in [0.29, 0.717) is 44.9 Å². The van der Waals surface area contributed by atoms with Gasteiger partial charge in [-0.05, 0) is 30.2 Å². The molecule has 0 bridgehead atoms. The van der Waals surface area contributed by atoms with Crippen LogP contribution in [0.4, 0.5) is 4.79 Å². The maximum Gasteiger partial charge on any atom is 0.515 e. The van der Waals surface area contributed by atoms with Crippen molar-refractivity contribution in [1.29, 1.82) is 0 Å². The number of carbonyl (C=O) groups excluding carboxylic acids is 1. The van der Waals surface area contributed by atoms with Crippen LogP contribution in [0.15, 0.2) is 39.9 Å². The van der Waals surface area contributed by atoms with Gasteiger partial charge in [0.1, 0.15) is 6.61 Å². The van der Waals surface area contributed by atoms with Gasteiger partial charge in [-0.2, -0.15) is 0 Å². The highest BCUT2D eigenvalue weighted by Gasteiger charge is 2.56. The van der Waals surface area contributed by atoms with Crippen molar-refractivity contribution in [2.45, 2.75) is 46.3 Å². The predicted molar refractivity (Wildman–Crippen MR) is 158 cm³/mol. The summed E-state index contributed by atoms with van der Waals surface area (Å²) in [7, 11) is 2.79. The average Bonchev–Trinajstić information content (AvgIpc) is 3.64. The van der Waals surface area contributed by atoms with Crippen LogP contribution in [0.5, 0.6) is 5.88 Å². The number of hydrogen-bond donors (Lipinski definition) is 1. The van der Waals surface area contributed by atoms with Crippen LogP contribution in [0.1, 0.15) is 44.7 Å². The molecule has 3 unspecified atom stereocenters. The second kappa shape index (κ2) is 16.7. The number of aliphatic hydroxyl groups excluding tert-OH is 1. The first-order valence-corrected chi connectivity index (χ1v) is 14.8. The summed E-state index contributed by atoms with van der Waals surface area (Å²) >= 11 is 0. The summed E-state index contributed by atoms with van der Waals surface area (Å²) in [5, 5.41) is 10.4. The second-order valence-electron chi connectivity index (χ2n) is 11.3. The highest BCUT2D eigenvalue weighted by atomic mass is 16.7. The van der Waals surface area contributed by atoms with Crippen molar-refractivity contribution in [3.63, 3.8) is 0 Å². The van der Waals surface area contributed by atoms with E-state index in [9.17, 15) is 19.5 Å². The summed E-state index contributed by atoms with van der Waals surface area (Å²) < 4.78 is 34.4. The Morgan fingerprint density at radius 2 is 1.49 bits per heavy atom. The molecule has 1 N–H and O–H groups in total. The highest BCUT2D eigenvalue weighted by Crippen LogP contribution is 2.59. The first-order chi connectivity index (χ1) is 20.6. The van der Waals surface area contributed by atoms with Crippen LogP contribution in [-0.2, 0) is 44.2 Å². The zero-order valence-corrected chi connectivity index (χ0v) is 25.9.